The van der Waals surface area contributed by atoms with Gasteiger partial charge in [0, 0.05) is 12.1 Å². The second-order valence-electron chi connectivity index (χ2n) is 7.08. The van der Waals surface area contributed by atoms with Gasteiger partial charge >= 0.3 is 11.9 Å². The van der Waals surface area contributed by atoms with Crippen LogP contribution >= 0.6 is 22.9 Å². The maximum absolute atomic E-state index is 12.8. The molecule has 3 aromatic rings. The molecule has 2 heterocycles. The Labute approximate surface area is 214 Å². The van der Waals surface area contributed by atoms with Gasteiger partial charge in [-0.1, -0.05) is 11.6 Å². The zero-order chi connectivity index (χ0) is 26.4. The molecule has 0 spiro atoms. The van der Waals surface area contributed by atoms with Crippen molar-refractivity contribution in [3.63, 3.8) is 0 Å². The molecule has 0 aliphatic rings. The molecule has 0 saturated carbocycles. The van der Waals surface area contributed by atoms with E-state index in [1.807, 2.05) is 0 Å². The van der Waals surface area contributed by atoms with Crippen LogP contribution in [0.4, 0.5) is 10.7 Å². The Bertz CT molecular complexity index is 1310. The number of hydrogen-bond donors (Lipinski definition) is 1. The van der Waals surface area contributed by atoms with Gasteiger partial charge in [0.05, 0.1) is 28.7 Å². The van der Waals surface area contributed by atoms with Gasteiger partial charge in [-0.25, -0.2) is 9.59 Å². The lowest BCUT2D eigenvalue weighted by atomic mass is 10.1. The number of ether oxygens (including phenoxy) is 3. The van der Waals surface area contributed by atoms with Crippen LogP contribution < -0.4 is 10.1 Å². The summed E-state index contributed by atoms with van der Waals surface area (Å²) in [6, 6.07) is 6.67. The third-order valence-corrected chi connectivity index (χ3v) is 6.18. The number of thiophene rings is 1. The summed E-state index contributed by atoms with van der Waals surface area (Å²) in [7, 11) is 0. The minimum Gasteiger partial charge on any atom is -0.484 e. The summed E-state index contributed by atoms with van der Waals surface area (Å²) in [4.78, 5) is 48.0. The fraction of sp³-hybridized carbons (Fsp3) is 0.261. The van der Waals surface area contributed by atoms with Gasteiger partial charge in [0.1, 0.15) is 28.0 Å². The van der Waals surface area contributed by atoms with Crippen LogP contribution in [0.1, 0.15) is 55.8 Å². The summed E-state index contributed by atoms with van der Waals surface area (Å²) >= 11 is 6.91. The molecule has 1 amide bonds. The van der Waals surface area contributed by atoms with Crippen molar-refractivity contribution in [2.24, 2.45) is 0 Å². The number of nitro benzene ring substituents is 1. The standard InChI is InChI=1S/C23H21ClN2O9S/c1-4-32-22(28)18-12(3)19(23(29)33-5-2)36-21(18)25-20(27)17-9-7-14(35-17)11-34-16-8-6-13(26(30)31)10-15(16)24/h6-10H,4-5,11H2,1-3H3,(H,25,27). The van der Waals surface area contributed by atoms with E-state index < -0.39 is 22.8 Å². The lowest BCUT2D eigenvalue weighted by Gasteiger charge is -2.07. The van der Waals surface area contributed by atoms with E-state index in [4.69, 9.17) is 30.2 Å². The first-order valence-corrected chi connectivity index (χ1v) is 11.8. The van der Waals surface area contributed by atoms with Gasteiger partial charge < -0.3 is 23.9 Å². The Hall–Kier alpha value is -3.90. The smallest absolute Gasteiger partial charge is 0.348 e. The van der Waals surface area contributed by atoms with Crippen molar-refractivity contribution in [2.45, 2.75) is 27.4 Å². The Kier molecular flexibility index (Phi) is 8.67. The summed E-state index contributed by atoms with van der Waals surface area (Å²) < 4.78 is 21.2. The van der Waals surface area contributed by atoms with Gasteiger partial charge in [-0.2, -0.15) is 0 Å². The molecule has 2 aromatic heterocycles. The molecule has 0 unspecified atom stereocenters. The molecule has 0 fully saturated rings. The number of hydrogen-bond acceptors (Lipinski definition) is 10. The first-order valence-electron chi connectivity index (χ1n) is 10.6. The Morgan fingerprint density at radius 2 is 1.81 bits per heavy atom. The number of amides is 1. The van der Waals surface area contributed by atoms with Crippen LogP contribution in [0.2, 0.25) is 5.02 Å². The highest BCUT2D eigenvalue weighted by Crippen LogP contribution is 2.35. The summed E-state index contributed by atoms with van der Waals surface area (Å²) in [6.07, 6.45) is 0. The van der Waals surface area contributed by atoms with Crippen LogP contribution in [0.5, 0.6) is 5.75 Å². The quantitative estimate of drug-likeness (QED) is 0.204. The van der Waals surface area contributed by atoms with E-state index >= 15 is 0 Å². The summed E-state index contributed by atoms with van der Waals surface area (Å²) in [5.41, 5.74) is 0.211. The number of carbonyl (C=O) groups excluding carboxylic acids is 3. The molecular weight excluding hydrogens is 516 g/mol. The fourth-order valence-corrected chi connectivity index (χ4v) is 4.37. The molecule has 3 rings (SSSR count). The van der Waals surface area contributed by atoms with Crippen molar-refractivity contribution in [1.29, 1.82) is 0 Å². The largest absolute Gasteiger partial charge is 0.484 e. The van der Waals surface area contributed by atoms with E-state index in [0.717, 1.165) is 17.4 Å². The van der Waals surface area contributed by atoms with Crippen molar-refractivity contribution >= 4 is 51.5 Å². The van der Waals surface area contributed by atoms with Crippen LogP contribution in [0.25, 0.3) is 0 Å². The van der Waals surface area contributed by atoms with Crippen molar-refractivity contribution in [3.8, 4) is 5.75 Å². The molecule has 1 N–H and O–H groups in total. The highest BCUT2D eigenvalue weighted by Gasteiger charge is 2.28. The van der Waals surface area contributed by atoms with Gasteiger partial charge in [-0.15, -0.1) is 11.3 Å². The average molecular weight is 537 g/mol. The van der Waals surface area contributed by atoms with E-state index in [1.54, 1.807) is 20.8 Å². The molecule has 190 valence electrons. The number of carbonyl (C=O) groups is 3. The van der Waals surface area contributed by atoms with E-state index in [2.05, 4.69) is 5.32 Å². The highest BCUT2D eigenvalue weighted by molar-refractivity contribution is 7.18. The number of non-ortho nitro benzene ring substituents is 1. The highest BCUT2D eigenvalue weighted by atomic mass is 35.5. The predicted molar refractivity (Wildman–Crippen MR) is 130 cm³/mol. The van der Waals surface area contributed by atoms with E-state index in [0.29, 0.717) is 5.56 Å². The molecule has 0 bridgehead atoms. The van der Waals surface area contributed by atoms with Gasteiger partial charge in [0.25, 0.3) is 11.6 Å². The van der Waals surface area contributed by atoms with Crippen LogP contribution in [0.15, 0.2) is 34.7 Å². The third kappa shape index (κ3) is 6.01. The zero-order valence-corrected chi connectivity index (χ0v) is 21.0. The second-order valence-corrected chi connectivity index (χ2v) is 8.51. The Morgan fingerprint density at radius 3 is 2.44 bits per heavy atom. The maximum atomic E-state index is 12.8. The van der Waals surface area contributed by atoms with Crippen molar-refractivity contribution < 1.29 is 37.9 Å². The van der Waals surface area contributed by atoms with Crippen LogP contribution in [-0.4, -0.2) is 36.0 Å². The van der Waals surface area contributed by atoms with Gasteiger partial charge in [0.15, 0.2) is 5.76 Å². The number of nitro groups is 1. The molecule has 11 nitrogen and oxygen atoms in total. The summed E-state index contributed by atoms with van der Waals surface area (Å²) in [5.74, 6) is -1.59. The molecule has 36 heavy (non-hydrogen) atoms. The minimum absolute atomic E-state index is 0.0469. The number of halogens is 1. The second kappa shape index (κ2) is 11.7. The molecular formula is C23H21ClN2O9S. The number of nitrogens with one attached hydrogen (secondary N) is 1. The van der Waals surface area contributed by atoms with Crippen LogP contribution in [-0.2, 0) is 16.1 Å². The van der Waals surface area contributed by atoms with Crippen LogP contribution in [0.3, 0.4) is 0 Å². The first kappa shape index (κ1) is 26.7. The topological polar surface area (TPSA) is 147 Å². The molecule has 0 aliphatic heterocycles. The fourth-order valence-electron chi connectivity index (χ4n) is 3.05. The number of anilines is 1. The number of furan rings is 1. The SMILES string of the molecule is CCOC(=O)c1sc(NC(=O)c2ccc(COc3ccc([N+](=O)[O-])cc3Cl)o2)c(C(=O)OCC)c1C. The lowest BCUT2D eigenvalue weighted by molar-refractivity contribution is -0.384. The lowest BCUT2D eigenvalue weighted by Crippen LogP contribution is -2.14. The molecule has 0 atom stereocenters. The van der Waals surface area contributed by atoms with E-state index in [1.165, 1.54) is 24.3 Å². The van der Waals surface area contributed by atoms with E-state index in [9.17, 15) is 24.5 Å². The van der Waals surface area contributed by atoms with Crippen LogP contribution in [0, 0.1) is 17.0 Å². The van der Waals surface area contributed by atoms with E-state index in [-0.39, 0.29) is 63.2 Å². The van der Waals surface area contributed by atoms with Gasteiger partial charge in [0.2, 0.25) is 0 Å². The number of benzene rings is 1. The number of nitrogens with zero attached hydrogens (tertiary/aromatic N) is 1. The normalized spacial score (nSPS) is 10.6. The third-order valence-electron chi connectivity index (χ3n) is 4.70. The minimum atomic E-state index is -0.689. The van der Waals surface area contributed by atoms with Gasteiger partial charge in [-0.05, 0) is 44.5 Å². The summed E-state index contributed by atoms with van der Waals surface area (Å²) in [6.45, 7) is 5.01. The Balaban J connectivity index is 1.75. The summed E-state index contributed by atoms with van der Waals surface area (Å²) in [5, 5.41) is 13.6. The maximum Gasteiger partial charge on any atom is 0.348 e. The van der Waals surface area contributed by atoms with Crippen molar-refractivity contribution in [1.82, 2.24) is 0 Å². The monoisotopic (exact) mass is 536 g/mol. The molecule has 0 radical (unpaired) electrons. The molecule has 0 saturated heterocycles. The predicted octanol–water partition coefficient (Wildman–Crippen LogP) is 5.40. The average Bonchev–Trinajstić information content (AvgIpc) is 3.43. The molecule has 1 aromatic carbocycles. The van der Waals surface area contributed by atoms with Crippen molar-refractivity contribution in [2.75, 3.05) is 18.5 Å². The number of esters is 2. The molecule has 13 heteroatoms. The van der Waals surface area contributed by atoms with Gasteiger partial charge in [-0.3, -0.25) is 14.9 Å². The molecule has 0 aliphatic carbocycles. The number of rotatable bonds is 10. The zero-order valence-electron chi connectivity index (χ0n) is 19.4. The Morgan fingerprint density at radius 1 is 1.11 bits per heavy atom. The first-order chi connectivity index (χ1) is 17.2. The van der Waals surface area contributed by atoms with Crippen molar-refractivity contribution in [3.05, 3.63) is 73.0 Å².